The number of aromatic nitrogens is 2. The van der Waals surface area contributed by atoms with Crippen LogP contribution in [0, 0.1) is 0 Å². The van der Waals surface area contributed by atoms with Crippen molar-refractivity contribution in [2.45, 2.75) is 293 Å². The number of rotatable bonds is 48. The van der Waals surface area contributed by atoms with Crippen molar-refractivity contribution in [1.82, 2.24) is 25.5 Å². The molecule has 2 fully saturated rings. The van der Waals surface area contributed by atoms with E-state index in [0.717, 1.165) is 68.2 Å². The second-order valence-electron chi connectivity index (χ2n) is 22.1. The number of unbranched alkanes of at least 4 members (excludes halogenated alkanes) is 26. The highest BCUT2D eigenvalue weighted by Crippen LogP contribution is 2.35. The summed E-state index contributed by atoms with van der Waals surface area (Å²) >= 11 is 0. The van der Waals surface area contributed by atoms with Crippen LogP contribution < -0.4 is 44.4 Å². The summed E-state index contributed by atoms with van der Waals surface area (Å²) in [4.78, 5) is 73.5. The van der Waals surface area contributed by atoms with E-state index in [1.165, 1.54) is 109 Å². The Morgan fingerprint density at radius 3 is 1.71 bits per heavy atom. The smallest absolute Gasteiger partial charge is 0.330 e. The second kappa shape index (κ2) is 42.1. The van der Waals surface area contributed by atoms with Gasteiger partial charge in [-0.25, -0.2) is 4.79 Å². The van der Waals surface area contributed by atoms with Crippen LogP contribution in [0.3, 0.4) is 0 Å². The van der Waals surface area contributed by atoms with E-state index in [1.54, 1.807) is 0 Å². The number of carbonyl (C=O) groups is 3. The summed E-state index contributed by atoms with van der Waals surface area (Å²) in [7, 11) is 0. The van der Waals surface area contributed by atoms with E-state index in [4.69, 9.17) is 31.4 Å². The molecule has 1 unspecified atom stereocenters. The highest BCUT2D eigenvalue weighted by atomic mass is 16.7. The van der Waals surface area contributed by atoms with Crippen molar-refractivity contribution in [3.63, 3.8) is 0 Å². The Morgan fingerprint density at radius 1 is 0.658 bits per heavy atom. The summed E-state index contributed by atoms with van der Waals surface area (Å²) in [6, 6.07) is -1.51. The molecule has 0 saturated carbocycles. The molecule has 3 rings (SSSR count). The summed E-state index contributed by atoms with van der Waals surface area (Å²) < 4.78 is 19.4. The largest absolute Gasteiger partial charge is 0.387 e. The number of nitrogens with zero attached hydrogens (tertiary/aromatic N) is 2. The van der Waals surface area contributed by atoms with Crippen LogP contribution in [0.4, 0.5) is 0 Å². The molecule has 2 amide bonds. The summed E-state index contributed by atoms with van der Waals surface area (Å²) in [6.07, 6.45) is 19.7. The van der Waals surface area contributed by atoms with Gasteiger partial charge in [-0.05, 0) is 38.6 Å². The van der Waals surface area contributed by atoms with E-state index >= 15 is 4.79 Å². The lowest BCUT2D eigenvalue weighted by molar-refractivity contribution is -0.226. The number of nitrogens with two attached hydrogens (primary N) is 3. The van der Waals surface area contributed by atoms with E-state index in [2.05, 4.69) is 39.8 Å². The first-order chi connectivity index (χ1) is 38.2. The minimum Gasteiger partial charge on any atom is -0.387 e. The van der Waals surface area contributed by atoms with Crippen molar-refractivity contribution in [3.05, 3.63) is 33.1 Å². The molecule has 11 atom stereocenters. The number of H-pyrrole nitrogens is 1. The maximum absolute atomic E-state index is 15.5. The van der Waals surface area contributed by atoms with Crippen molar-refractivity contribution in [2.75, 3.05) is 26.2 Å². The molecule has 2 saturated heterocycles. The Morgan fingerprint density at radius 2 is 1.19 bits per heavy atom. The highest BCUT2D eigenvalue weighted by Gasteiger charge is 2.54. The number of aliphatic hydroxyl groups is 4. The normalized spacial score (nSPS) is 22.2. The van der Waals surface area contributed by atoms with Gasteiger partial charge < -0.3 is 67.8 Å². The number of ether oxygens (including phenoxy) is 3. The molecule has 1 aromatic heterocycles. The Kier molecular flexibility index (Phi) is 37.0. The molecule has 0 bridgehead atoms. The lowest BCUT2D eigenvalue weighted by atomic mass is 9.90. The molecule has 21 heteroatoms. The average molecular weight is 1120 g/mol. The molecule has 0 aromatic carbocycles. The number of Topliss-reactive ketones (excluding diaryl/α,β-unsaturated/α-hetero) is 1. The Balaban J connectivity index is 1.85. The van der Waals surface area contributed by atoms with Gasteiger partial charge in [-0.3, -0.25) is 33.7 Å². The van der Waals surface area contributed by atoms with Gasteiger partial charge in [0.15, 0.2) is 24.3 Å². The van der Waals surface area contributed by atoms with E-state index in [0.29, 0.717) is 38.8 Å². The van der Waals surface area contributed by atoms with E-state index in [9.17, 15) is 39.6 Å². The molecule has 2 aliphatic rings. The second-order valence-corrected chi connectivity index (χ2v) is 22.1. The zero-order chi connectivity index (χ0) is 57.6. The van der Waals surface area contributed by atoms with Crippen LogP contribution in [-0.4, -0.2) is 141 Å². The minimum absolute atomic E-state index is 0.00648. The van der Waals surface area contributed by atoms with E-state index in [1.807, 2.05) is 0 Å². The number of aromatic amines is 1. The first-order valence-electron chi connectivity index (χ1n) is 30.8. The van der Waals surface area contributed by atoms with Gasteiger partial charge in [0.2, 0.25) is 11.8 Å². The molecule has 3 heterocycles. The Bertz CT molecular complexity index is 1940. The van der Waals surface area contributed by atoms with Crippen LogP contribution in [0.15, 0.2) is 26.8 Å². The van der Waals surface area contributed by atoms with Crippen molar-refractivity contribution >= 4 is 23.6 Å². The Labute approximate surface area is 471 Å². The Hall–Kier alpha value is -3.80. The lowest BCUT2D eigenvalue weighted by Gasteiger charge is -2.36. The summed E-state index contributed by atoms with van der Waals surface area (Å²) in [5.41, 5.74) is 15.0. The summed E-state index contributed by atoms with van der Waals surface area (Å²) in [5.74, 6) is -1.10. The van der Waals surface area contributed by atoms with Crippen molar-refractivity contribution < 1.29 is 49.0 Å². The number of guanidine groups is 1. The van der Waals surface area contributed by atoms with Crippen LogP contribution in [0.2, 0.25) is 0 Å². The van der Waals surface area contributed by atoms with Crippen LogP contribution in [0.5, 0.6) is 0 Å². The highest BCUT2D eigenvalue weighted by molar-refractivity contribution is 5.93. The number of aliphatic imine (C=N–C) groups is 1. The predicted octanol–water partition coefficient (Wildman–Crippen LogP) is 5.26. The number of carbonyl (C=O) groups excluding carboxylic acids is 3. The minimum atomic E-state index is -1.84. The number of amides is 2. The number of ketones is 1. The van der Waals surface area contributed by atoms with Crippen LogP contribution in [0.25, 0.3) is 0 Å². The quantitative estimate of drug-likeness (QED) is 0.0225. The number of nitrogens with one attached hydrogen (secondary N) is 4. The van der Waals surface area contributed by atoms with Gasteiger partial charge in [0.25, 0.3) is 5.56 Å². The third-order valence-electron chi connectivity index (χ3n) is 15.4. The molecule has 14 N–H and O–H groups in total. The molecule has 21 nitrogen and oxygen atoms in total. The molecule has 456 valence electrons. The standard InChI is InChI=1S/C58H107N9O12/c1-3-5-7-9-11-13-15-17-19-21-23-25-27-29-34-45(69)65-42(33-28-26-24-22-20-18-16-14-12-10-8-6-4-2)48(71)47(63-39-32-35-44(68)62-37-30-31-38-64-57(60)61)53(79-56-52(75)49(72)43(41-59)77-56)54-50(73)51(74)55(78-54)67-40-36-46(70)66-58(67)76/h36,40,42-43,47,49-56,63,72-75H,3-35,37-39,41,59H2,1-2H3,(H,62,68)(H,65,69)(H4,60,61,64)(H,66,70,76)/t42?,43-,47+,49-,50+,51-,52-,53+,54+,55-,56+/m1/s1. The molecular formula is C58H107N9O12. The fourth-order valence-corrected chi connectivity index (χ4v) is 10.6. The number of hydrogen-bond acceptors (Lipinski definition) is 15. The molecular weight excluding hydrogens is 1010 g/mol. The van der Waals surface area contributed by atoms with Crippen molar-refractivity contribution in [2.24, 2.45) is 22.2 Å². The topological polar surface area (TPSA) is 341 Å². The van der Waals surface area contributed by atoms with Gasteiger partial charge >= 0.3 is 5.69 Å². The van der Waals surface area contributed by atoms with Crippen molar-refractivity contribution in [3.8, 4) is 0 Å². The van der Waals surface area contributed by atoms with E-state index < -0.39 is 84.4 Å². The van der Waals surface area contributed by atoms with Crippen LogP contribution in [0.1, 0.15) is 232 Å². The molecule has 0 aliphatic carbocycles. The average Bonchev–Trinajstić information content (AvgIpc) is 3.96. The molecule has 0 radical (unpaired) electrons. The lowest BCUT2D eigenvalue weighted by Crippen LogP contribution is -2.61. The molecule has 1 aromatic rings. The van der Waals surface area contributed by atoms with E-state index in [-0.39, 0.29) is 56.5 Å². The monoisotopic (exact) mass is 1120 g/mol. The molecule has 0 spiro atoms. The third-order valence-corrected chi connectivity index (χ3v) is 15.4. The van der Waals surface area contributed by atoms with Gasteiger partial charge in [-0.1, -0.05) is 181 Å². The van der Waals surface area contributed by atoms with Crippen molar-refractivity contribution in [1.29, 1.82) is 0 Å². The fraction of sp³-hybridized carbons (Fsp3) is 0.862. The van der Waals surface area contributed by atoms with Gasteiger partial charge in [0.05, 0.1) is 12.1 Å². The third kappa shape index (κ3) is 27.7. The molecule has 2 aliphatic heterocycles. The molecule has 79 heavy (non-hydrogen) atoms. The predicted molar refractivity (Wildman–Crippen MR) is 308 cm³/mol. The number of aliphatic hydroxyl groups excluding tert-OH is 4. The van der Waals surface area contributed by atoms with Crippen LogP contribution in [-0.2, 0) is 28.6 Å². The van der Waals surface area contributed by atoms with Gasteiger partial charge in [-0.15, -0.1) is 0 Å². The maximum atomic E-state index is 15.5. The first kappa shape index (κ1) is 69.5. The number of hydrogen-bond donors (Lipinski definition) is 11. The SMILES string of the molecule is CCCCCCCCCCCCCCCCC(=O)NC(CCCCCCCCCCCCCCC)C(=O)[C@H](NCCCC(=O)NCCCCN=C(N)N)[C@H](O[C@@H]1O[C@H](CN)[C@@H](O)[C@H]1O)[C@H]1O[C@@H](n2ccc(=O)[nH]c2=O)[C@H](O)[C@@H]1O. The van der Waals surface area contributed by atoms with Gasteiger partial charge in [0, 0.05) is 44.7 Å². The first-order valence-corrected chi connectivity index (χ1v) is 30.8. The van der Waals surface area contributed by atoms with Gasteiger partial charge in [0.1, 0.15) is 42.7 Å². The van der Waals surface area contributed by atoms with Crippen LogP contribution >= 0.6 is 0 Å². The summed E-state index contributed by atoms with van der Waals surface area (Å²) in [6.45, 7) is 5.11. The maximum Gasteiger partial charge on any atom is 0.330 e. The zero-order valence-corrected chi connectivity index (χ0v) is 48.3. The van der Waals surface area contributed by atoms with Gasteiger partial charge in [-0.2, -0.15) is 0 Å². The zero-order valence-electron chi connectivity index (χ0n) is 48.3. The fourth-order valence-electron chi connectivity index (χ4n) is 10.6. The summed E-state index contributed by atoms with van der Waals surface area (Å²) in [5, 5.41) is 54.5.